The molecule has 0 spiro atoms. The monoisotopic (exact) mass is 289 g/mol. The summed E-state index contributed by atoms with van der Waals surface area (Å²) in [6.07, 6.45) is 4.34. The van der Waals surface area contributed by atoms with Gasteiger partial charge in [-0.15, -0.1) is 0 Å². The van der Waals surface area contributed by atoms with Gasteiger partial charge in [-0.25, -0.2) is 0 Å². The standard InChI is InChI=1S/C16H23N3O2/c1-17-15(20)13-8-6-12(7-9-13)11-19-16(21)14-5-3-2-4-10-18-14/h6-9,14,18H,2-5,10-11H2,1H3,(H,17,20)(H,19,21). The number of hydrogen-bond acceptors (Lipinski definition) is 3. The van der Waals surface area contributed by atoms with Gasteiger partial charge in [-0.3, -0.25) is 9.59 Å². The molecule has 1 aromatic rings. The topological polar surface area (TPSA) is 70.2 Å². The number of rotatable bonds is 4. The summed E-state index contributed by atoms with van der Waals surface area (Å²) in [5.74, 6) is -0.0412. The molecular formula is C16H23N3O2. The van der Waals surface area contributed by atoms with Crippen molar-refractivity contribution in [1.29, 1.82) is 0 Å². The van der Waals surface area contributed by atoms with Crippen LogP contribution in [0.3, 0.4) is 0 Å². The van der Waals surface area contributed by atoms with Gasteiger partial charge < -0.3 is 16.0 Å². The minimum atomic E-state index is -0.103. The third-order valence-corrected chi connectivity index (χ3v) is 3.79. The van der Waals surface area contributed by atoms with Crippen molar-refractivity contribution in [1.82, 2.24) is 16.0 Å². The zero-order valence-corrected chi connectivity index (χ0v) is 12.4. The minimum absolute atomic E-state index is 0.0623. The van der Waals surface area contributed by atoms with E-state index in [9.17, 15) is 9.59 Å². The highest BCUT2D eigenvalue weighted by atomic mass is 16.2. The average Bonchev–Trinajstić information content (AvgIpc) is 2.81. The third-order valence-electron chi connectivity index (χ3n) is 3.79. The van der Waals surface area contributed by atoms with E-state index < -0.39 is 0 Å². The lowest BCUT2D eigenvalue weighted by Gasteiger charge is -2.15. The van der Waals surface area contributed by atoms with Gasteiger partial charge in [0, 0.05) is 19.2 Å². The normalized spacial score (nSPS) is 18.6. The van der Waals surface area contributed by atoms with Crippen LogP contribution in [0.5, 0.6) is 0 Å². The molecule has 3 N–H and O–H groups in total. The molecule has 0 bridgehead atoms. The van der Waals surface area contributed by atoms with Gasteiger partial charge in [-0.2, -0.15) is 0 Å². The van der Waals surface area contributed by atoms with Crippen molar-refractivity contribution in [2.75, 3.05) is 13.6 Å². The number of benzene rings is 1. The lowest BCUT2D eigenvalue weighted by molar-refractivity contribution is -0.123. The predicted octanol–water partition coefficient (Wildman–Crippen LogP) is 1.19. The summed E-state index contributed by atoms with van der Waals surface area (Å²) in [5.41, 5.74) is 1.61. The summed E-state index contributed by atoms with van der Waals surface area (Å²) in [5, 5.41) is 8.82. The Bertz CT molecular complexity index is 477. The quantitative estimate of drug-likeness (QED) is 0.780. The highest BCUT2D eigenvalue weighted by molar-refractivity contribution is 5.93. The van der Waals surface area contributed by atoms with Crippen molar-refractivity contribution in [3.8, 4) is 0 Å². The van der Waals surface area contributed by atoms with E-state index in [1.165, 1.54) is 6.42 Å². The first kappa shape index (κ1) is 15.5. The summed E-state index contributed by atoms with van der Waals surface area (Å²) in [6.45, 7) is 1.41. The molecule has 114 valence electrons. The van der Waals surface area contributed by atoms with Gasteiger partial charge in [0.15, 0.2) is 0 Å². The van der Waals surface area contributed by atoms with Gasteiger partial charge in [-0.05, 0) is 37.1 Å². The first-order valence-corrected chi connectivity index (χ1v) is 7.53. The molecule has 0 aromatic heterocycles. The van der Waals surface area contributed by atoms with Crippen LogP contribution in [-0.2, 0) is 11.3 Å². The summed E-state index contributed by atoms with van der Waals surface area (Å²) in [6, 6.07) is 7.20. The van der Waals surface area contributed by atoms with Crippen molar-refractivity contribution in [3.05, 3.63) is 35.4 Å². The van der Waals surface area contributed by atoms with Crippen LogP contribution in [-0.4, -0.2) is 31.4 Å². The van der Waals surface area contributed by atoms with Crippen LogP contribution in [0.25, 0.3) is 0 Å². The van der Waals surface area contributed by atoms with Gasteiger partial charge >= 0.3 is 0 Å². The van der Waals surface area contributed by atoms with Gasteiger partial charge in [0.25, 0.3) is 5.91 Å². The molecule has 1 aliphatic heterocycles. The van der Waals surface area contributed by atoms with Gasteiger partial charge in [0.05, 0.1) is 6.04 Å². The van der Waals surface area contributed by atoms with Crippen molar-refractivity contribution >= 4 is 11.8 Å². The van der Waals surface area contributed by atoms with Crippen molar-refractivity contribution < 1.29 is 9.59 Å². The second kappa shape index (κ2) is 7.78. The van der Waals surface area contributed by atoms with Gasteiger partial charge in [0.1, 0.15) is 0 Å². The van der Waals surface area contributed by atoms with E-state index in [1.807, 2.05) is 12.1 Å². The van der Waals surface area contributed by atoms with Crippen LogP contribution in [0.2, 0.25) is 0 Å². The Morgan fingerprint density at radius 3 is 2.67 bits per heavy atom. The number of hydrogen-bond donors (Lipinski definition) is 3. The molecular weight excluding hydrogens is 266 g/mol. The van der Waals surface area contributed by atoms with E-state index in [0.29, 0.717) is 12.1 Å². The second-order valence-electron chi connectivity index (χ2n) is 5.35. The van der Waals surface area contributed by atoms with Crippen molar-refractivity contribution in [3.63, 3.8) is 0 Å². The molecule has 2 amide bonds. The zero-order chi connectivity index (χ0) is 15.1. The Morgan fingerprint density at radius 2 is 1.95 bits per heavy atom. The Labute approximate surface area is 125 Å². The fraction of sp³-hybridized carbons (Fsp3) is 0.500. The third kappa shape index (κ3) is 4.56. The van der Waals surface area contributed by atoms with Crippen LogP contribution in [0.15, 0.2) is 24.3 Å². The summed E-state index contributed by atoms with van der Waals surface area (Å²) < 4.78 is 0. The van der Waals surface area contributed by atoms with Crippen LogP contribution in [0.1, 0.15) is 41.6 Å². The molecule has 1 saturated heterocycles. The van der Waals surface area contributed by atoms with Crippen LogP contribution < -0.4 is 16.0 Å². The molecule has 1 atom stereocenters. The summed E-state index contributed by atoms with van der Waals surface area (Å²) in [7, 11) is 1.61. The molecule has 1 aromatic carbocycles. The fourth-order valence-electron chi connectivity index (χ4n) is 2.48. The molecule has 1 fully saturated rings. The highest BCUT2D eigenvalue weighted by Crippen LogP contribution is 2.09. The maximum absolute atomic E-state index is 12.1. The number of carbonyl (C=O) groups is 2. The number of carbonyl (C=O) groups excluding carboxylic acids is 2. The second-order valence-corrected chi connectivity index (χ2v) is 5.35. The van der Waals surface area contributed by atoms with E-state index in [2.05, 4.69) is 16.0 Å². The fourth-order valence-corrected chi connectivity index (χ4v) is 2.48. The Hall–Kier alpha value is -1.88. The molecule has 0 saturated carbocycles. The van der Waals surface area contributed by atoms with Crippen molar-refractivity contribution in [2.24, 2.45) is 0 Å². The maximum Gasteiger partial charge on any atom is 0.251 e. The first-order chi connectivity index (χ1) is 10.2. The van der Waals surface area contributed by atoms with Crippen molar-refractivity contribution in [2.45, 2.75) is 38.3 Å². The molecule has 2 rings (SSSR count). The summed E-state index contributed by atoms with van der Waals surface area (Å²) >= 11 is 0. The largest absolute Gasteiger partial charge is 0.355 e. The Balaban J connectivity index is 1.84. The van der Waals surface area contributed by atoms with Crippen LogP contribution >= 0.6 is 0 Å². The molecule has 0 radical (unpaired) electrons. The first-order valence-electron chi connectivity index (χ1n) is 7.53. The molecule has 1 heterocycles. The highest BCUT2D eigenvalue weighted by Gasteiger charge is 2.18. The van der Waals surface area contributed by atoms with Crippen LogP contribution in [0, 0.1) is 0 Å². The molecule has 1 aliphatic rings. The number of nitrogens with one attached hydrogen (secondary N) is 3. The number of amides is 2. The predicted molar refractivity (Wildman–Crippen MR) is 81.9 cm³/mol. The molecule has 21 heavy (non-hydrogen) atoms. The SMILES string of the molecule is CNC(=O)c1ccc(CNC(=O)C2CCCCCN2)cc1. The van der Waals surface area contributed by atoms with E-state index in [1.54, 1.807) is 19.2 Å². The van der Waals surface area contributed by atoms with Gasteiger partial charge in [0.2, 0.25) is 5.91 Å². The average molecular weight is 289 g/mol. The lowest BCUT2D eigenvalue weighted by atomic mass is 10.1. The smallest absolute Gasteiger partial charge is 0.251 e. The minimum Gasteiger partial charge on any atom is -0.355 e. The van der Waals surface area contributed by atoms with E-state index in [4.69, 9.17) is 0 Å². The van der Waals surface area contributed by atoms with E-state index in [-0.39, 0.29) is 17.9 Å². The molecule has 0 aliphatic carbocycles. The van der Waals surface area contributed by atoms with E-state index in [0.717, 1.165) is 31.4 Å². The molecule has 5 heteroatoms. The zero-order valence-electron chi connectivity index (χ0n) is 12.4. The Morgan fingerprint density at radius 1 is 1.19 bits per heavy atom. The summed E-state index contributed by atoms with van der Waals surface area (Å²) in [4.78, 5) is 23.5. The Kier molecular flexibility index (Phi) is 5.75. The van der Waals surface area contributed by atoms with E-state index >= 15 is 0 Å². The van der Waals surface area contributed by atoms with Crippen LogP contribution in [0.4, 0.5) is 0 Å². The lowest BCUT2D eigenvalue weighted by Crippen LogP contribution is -2.43. The molecule has 5 nitrogen and oxygen atoms in total. The maximum atomic E-state index is 12.1. The van der Waals surface area contributed by atoms with Gasteiger partial charge in [-0.1, -0.05) is 25.0 Å². The molecule has 1 unspecified atom stereocenters.